The van der Waals surface area contributed by atoms with Gasteiger partial charge in [0, 0.05) is 5.92 Å². The Bertz CT molecular complexity index is 341. The van der Waals surface area contributed by atoms with Crippen LogP contribution in [0.3, 0.4) is 0 Å². The van der Waals surface area contributed by atoms with Crippen molar-refractivity contribution >= 4 is 5.78 Å². The second-order valence-electron chi connectivity index (χ2n) is 4.58. The molecule has 2 heteroatoms. The van der Waals surface area contributed by atoms with Gasteiger partial charge >= 0.3 is 0 Å². The molecule has 0 radical (unpaired) electrons. The van der Waals surface area contributed by atoms with Crippen LogP contribution in [0.4, 0.5) is 0 Å². The van der Waals surface area contributed by atoms with Crippen LogP contribution in [0.2, 0.25) is 0 Å². The Kier molecular flexibility index (Phi) is 3.73. The number of hydrogen-bond acceptors (Lipinski definition) is 2. The van der Waals surface area contributed by atoms with Crippen molar-refractivity contribution in [2.45, 2.75) is 25.7 Å². The lowest BCUT2D eigenvalue weighted by molar-refractivity contribution is -0.121. The SMILES string of the molecule is CC(C(=O)CN1CCCC1)c1ccccc1. The molecular formula is C14H19NO. The van der Waals surface area contributed by atoms with Crippen molar-refractivity contribution in [3.05, 3.63) is 35.9 Å². The fourth-order valence-electron chi connectivity index (χ4n) is 2.23. The fourth-order valence-corrected chi connectivity index (χ4v) is 2.23. The Morgan fingerprint density at radius 1 is 1.25 bits per heavy atom. The van der Waals surface area contributed by atoms with Crippen LogP contribution < -0.4 is 0 Å². The number of hydrogen-bond donors (Lipinski definition) is 0. The van der Waals surface area contributed by atoms with E-state index in [4.69, 9.17) is 0 Å². The van der Waals surface area contributed by atoms with Gasteiger partial charge in [-0.25, -0.2) is 0 Å². The van der Waals surface area contributed by atoms with Gasteiger partial charge in [0.1, 0.15) is 0 Å². The maximum absolute atomic E-state index is 12.1. The molecule has 0 amide bonds. The zero-order valence-corrected chi connectivity index (χ0v) is 9.86. The van der Waals surface area contributed by atoms with Crippen molar-refractivity contribution < 1.29 is 4.79 Å². The molecule has 1 atom stereocenters. The molecule has 1 heterocycles. The highest BCUT2D eigenvalue weighted by Crippen LogP contribution is 2.17. The molecule has 1 fully saturated rings. The summed E-state index contributed by atoms with van der Waals surface area (Å²) in [6, 6.07) is 10.0. The van der Waals surface area contributed by atoms with E-state index in [2.05, 4.69) is 4.90 Å². The molecule has 0 N–H and O–H groups in total. The predicted octanol–water partition coefficient (Wildman–Crippen LogP) is 2.46. The average Bonchev–Trinajstić information content (AvgIpc) is 2.82. The molecule has 1 saturated heterocycles. The highest BCUT2D eigenvalue weighted by Gasteiger charge is 2.20. The van der Waals surface area contributed by atoms with E-state index in [-0.39, 0.29) is 5.92 Å². The van der Waals surface area contributed by atoms with Crippen molar-refractivity contribution in [3.63, 3.8) is 0 Å². The van der Waals surface area contributed by atoms with E-state index < -0.39 is 0 Å². The van der Waals surface area contributed by atoms with E-state index in [0.29, 0.717) is 12.3 Å². The molecule has 2 rings (SSSR count). The van der Waals surface area contributed by atoms with Gasteiger partial charge in [0.2, 0.25) is 0 Å². The minimum absolute atomic E-state index is 0.0294. The van der Waals surface area contributed by atoms with Gasteiger partial charge in [-0.05, 0) is 31.5 Å². The first-order chi connectivity index (χ1) is 7.77. The minimum atomic E-state index is 0.0294. The largest absolute Gasteiger partial charge is 0.298 e. The van der Waals surface area contributed by atoms with E-state index >= 15 is 0 Å². The van der Waals surface area contributed by atoms with Crippen molar-refractivity contribution in [2.24, 2.45) is 0 Å². The molecule has 16 heavy (non-hydrogen) atoms. The molecule has 86 valence electrons. The number of carbonyl (C=O) groups excluding carboxylic acids is 1. The normalized spacial score (nSPS) is 18.6. The lowest BCUT2D eigenvalue weighted by Crippen LogP contribution is -2.29. The molecule has 1 aromatic carbocycles. The first-order valence-corrected chi connectivity index (χ1v) is 6.07. The third kappa shape index (κ3) is 2.70. The molecular weight excluding hydrogens is 198 g/mol. The van der Waals surface area contributed by atoms with E-state index in [0.717, 1.165) is 18.7 Å². The zero-order chi connectivity index (χ0) is 11.4. The van der Waals surface area contributed by atoms with Crippen molar-refractivity contribution in [1.82, 2.24) is 4.90 Å². The van der Waals surface area contributed by atoms with Gasteiger partial charge in [-0.2, -0.15) is 0 Å². The van der Waals surface area contributed by atoms with Crippen LogP contribution in [0, 0.1) is 0 Å². The summed E-state index contributed by atoms with van der Waals surface area (Å²) >= 11 is 0. The van der Waals surface area contributed by atoms with Gasteiger partial charge in [-0.1, -0.05) is 37.3 Å². The first-order valence-electron chi connectivity index (χ1n) is 6.07. The molecule has 0 bridgehead atoms. The van der Waals surface area contributed by atoms with Crippen molar-refractivity contribution in [1.29, 1.82) is 0 Å². The maximum Gasteiger partial charge on any atom is 0.153 e. The second kappa shape index (κ2) is 5.26. The smallest absolute Gasteiger partial charge is 0.153 e. The Hall–Kier alpha value is -1.15. The van der Waals surface area contributed by atoms with Crippen molar-refractivity contribution in [2.75, 3.05) is 19.6 Å². The fraction of sp³-hybridized carbons (Fsp3) is 0.500. The topological polar surface area (TPSA) is 20.3 Å². The molecule has 0 aliphatic carbocycles. The number of carbonyl (C=O) groups is 1. The Labute approximate surface area is 97.3 Å². The number of Topliss-reactive ketones (excluding diaryl/α,β-unsaturated/α-hetero) is 1. The highest BCUT2D eigenvalue weighted by atomic mass is 16.1. The van der Waals surface area contributed by atoms with Gasteiger partial charge in [-0.3, -0.25) is 9.69 Å². The maximum atomic E-state index is 12.1. The van der Waals surface area contributed by atoms with Crippen LogP contribution in [-0.2, 0) is 4.79 Å². The van der Waals surface area contributed by atoms with Gasteiger partial charge in [0.15, 0.2) is 5.78 Å². The monoisotopic (exact) mass is 217 g/mol. The molecule has 0 spiro atoms. The summed E-state index contributed by atoms with van der Waals surface area (Å²) in [5.41, 5.74) is 1.13. The van der Waals surface area contributed by atoms with E-state index in [1.807, 2.05) is 37.3 Å². The van der Waals surface area contributed by atoms with Crippen LogP contribution in [0.15, 0.2) is 30.3 Å². The van der Waals surface area contributed by atoms with Crippen LogP contribution in [0.5, 0.6) is 0 Å². The average molecular weight is 217 g/mol. The van der Waals surface area contributed by atoms with Gasteiger partial charge in [0.25, 0.3) is 0 Å². The van der Waals surface area contributed by atoms with Crippen LogP contribution >= 0.6 is 0 Å². The standard InChI is InChI=1S/C14H19NO/c1-12(13-7-3-2-4-8-13)14(16)11-15-9-5-6-10-15/h2-4,7-8,12H,5-6,9-11H2,1H3. The molecule has 0 saturated carbocycles. The molecule has 1 aromatic rings. The molecule has 2 nitrogen and oxygen atoms in total. The highest BCUT2D eigenvalue weighted by molar-refractivity contribution is 5.87. The molecule has 1 aliphatic rings. The molecule has 1 unspecified atom stereocenters. The zero-order valence-electron chi connectivity index (χ0n) is 9.86. The van der Waals surface area contributed by atoms with Gasteiger partial charge in [-0.15, -0.1) is 0 Å². The third-order valence-corrected chi connectivity index (χ3v) is 3.36. The minimum Gasteiger partial charge on any atom is -0.298 e. The van der Waals surface area contributed by atoms with Crippen LogP contribution in [0.1, 0.15) is 31.2 Å². The van der Waals surface area contributed by atoms with Crippen LogP contribution in [-0.4, -0.2) is 30.3 Å². The van der Waals surface area contributed by atoms with Gasteiger partial charge < -0.3 is 0 Å². The second-order valence-corrected chi connectivity index (χ2v) is 4.58. The Morgan fingerprint density at radius 2 is 1.88 bits per heavy atom. The number of benzene rings is 1. The lowest BCUT2D eigenvalue weighted by atomic mass is 9.96. The Balaban J connectivity index is 1.94. The molecule has 1 aliphatic heterocycles. The number of ketones is 1. The summed E-state index contributed by atoms with van der Waals surface area (Å²) in [6.45, 7) is 4.81. The summed E-state index contributed by atoms with van der Waals surface area (Å²) in [5.74, 6) is 0.370. The number of likely N-dealkylation sites (tertiary alicyclic amines) is 1. The Morgan fingerprint density at radius 3 is 2.50 bits per heavy atom. The van der Waals surface area contributed by atoms with Crippen molar-refractivity contribution in [3.8, 4) is 0 Å². The van der Waals surface area contributed by atoms with E-state index in [9.17, 15) is 4.79 Å². The number of rotatable bonds is 4. The number of nitrogens with zero attached hydrogens (tertiary/aromatic N) is 1. The summed E-state index contributed by atoms with van der Waals surface area (Å²) in [5, 5.41) is 0. The quantitative estimate of drug-likeness (QED) is 0.772. The third-order valence-electron chi connectivity index (χ3n) is 3.36. The summed E-state index contributed by atoms with van der Waals surface area (Å²) < 4.78 is 0. The lowest BCUT2D eigenvalue weighted by Gasteiger charge is -2.17. The molecule has 0 aromatic heterocycles. The predicted molar refractivity (Wildman–Crippen MR) is 65.5 cm³/mol. The summed E-state index contributed by atoms with van der Waals surface area (Å²) in [6.07, 6.45) is 2.49. The van der Waals surface area contributed by atoms with E-state index in [1.54, 1.807) is 0 Å². The first kappa shape index (κ1) is 11.3. The van der Waals surface area contributed by atoms with Crippen LogP contribution in [0.25, 0.3) is 0 Å². The summed E-state index contributed by atoms with van der Waals surface area (Å²) in [4.78, 5) is 14.3. The summed E-state index contributed by atoms with van der Waals surface area (Å²) in [7, 11) is 0. The van der Waals surface area contributed by atoms with Gasteiger partial charge in [0.05, 0.1) is 6.54 Å². The van der Waals surface area contributed by atoms with E-state index in [1.165, 1.54) is 12.8 Å².